The fourth-order valence-corrected chi connectivity index (χ4v) is 3.35. The van der Waals surface area contributed by atoms with Crippen LogP contribution in [0.15, 0.2) is 41.8 Å². The quantitative estimate of drug-likeness (QED) is 0.570. The SMILES string of the molecule is C=C1c2c(Nc3ccc(I)cc3F)cc(=O)n(C)c2C=CN1CC(O)CO. The maximum Gasteiger partial charge on any atom is 0.252 e. The van der Waals surface area contributed by atoms with Gasteiger partial charge in [-0.15, -0.1) is 0 Å². The molecule has 1 aromatic heterocycles. The maximum absolute atomic E-state index is 14.3. The molecule has 2 aromatic rings. The third-order valence-electron chi connectivity index (χ3n) is 4.35. The highest BCUT2D eigenvalue weighted by atomic mass is 127. The smallest absolute Gasteiger partial charge is 0.252 e. The third kappa shape index (κ3) is 3.92. The zero-order valence-electron chi connectivity index (χ0n) is 14.6. The minimum absolute atomic E-state index is 0.144. The number of aliphatic hydroxyl groups is 2. The highest BCUT2D eigenvalue weighted by Gasteiger charge is 2.23. The Labute approximate surface area is 169 Å². The summed E-state index contributed by atoms with van der Waals surface area (Å²) in [5.74, 6) is -0.430. The number of aromatic nitrogens is 1. The van der Waals surface area contributed by atoms with Crippen LogP contribution in [-0.2, 0) is 7.05 Å². The van der Waals surface area contributed by atoms with Gasteiger partial charge in [0, 0.05) is 34.1 Å². The van der Waals surface area contributed by atoms with Gasteiger partial charge in [0.15, 0.2) is 0 Å². The average Bonchev–Trinajstić information content (AvgIpc) is 2.63. The first kappa shape index (κ1) is 19.6. The first-order valence-electron chi connectivity index (χ1n) is 8.21. The summed E-state index contributed by atoms with van der Waals surface area (Å²) in [7, 11) is 1.65. The van der Waals surface area contributed by atoms with Crippen molar-refractivity contribution >= 4 is 45.7 Å². The second-order valence-corrected chi connectivity index (χ2v) is 7.46. The predicted octanol–water partition coefficient (Wildman–Crippen LogP) is 2.48. The van der Waals surface area contributed by atoms with E-state index in [-0.39, 0.29) is 24.4 Å². The summed E-state index contributed by atoms with van der Waals surface area (Å²) in [6, 6.07) is 6.16. The largest absolute Gasteiger partial charge is 0.394 e. The number of hydrogen-bond acceptors (Lipinski definition) is 5. The molecule has 2 heterocycles. The van der Waals surface area contributed by atoms with Crippen molar-refractivity contribution < 1.29 is 14.6 Å². The number of aliphatic hydroxyl groups excluding tert-OH is 2. The Hall–Kier alpha value is -2.17. The topological polar surface area (TPSA) is 77.7 Å². The summed E-state index contributed by atoms with van der Waals surface area (Å²) >= 11 is 2.02. The monoisotopic (exact) mass is 483 g/mol. The van der Waals surface area contributed by atoms with E-state index in [0.717, 1.165) is 3.57 Å². The standard InChI is InChI=1S/C19H19FIN3O3/c1-11-19-16(22-15-4-3-12(21)7-14(15)20)8-18(27)23(2)17(19)5-6-24(11)9-13(26)10-25/h3-8,13,22,25-26H,1,9-10H2,2H3. The summed E-state index contributed by atoms with van der Waals surface area (Å²) in [5, 5.41) is 21.8. The van der Waals surface area contributed by atoms with Crippen LogP contribution in [0.2, 0.25) is 0 Å². The number of anilines is 2. The molecule has 8 heteroatoms. The average molecular weight is 483 g/mol. The van der Waals surface area contributed by atoms with Crippen molar-refractivity contribution in [1.29, 1.82) is 0 Å². The lowest BCUT2D eigenvalue weighted by molar-refractivity contribution is 0.0821. The fraction of sp³-hybridized carbons (Fsp3) is 0.211. The summed E-state index contributed by atoms with van der Waals surface area (Å²) in [5.41, 5.74) is 2.20. The van der Waals surface area contributed by atoms with Crippen molar-refractivity contribution in [3.63, 3.8) is 0 Å². The Bertz CT molecular complexity index is 987. The molecule has 142 valence electrons. The van der Waals surface area contributed by atoms with Gasteiger partial charge in [0.1, 0.15) is 5.82 Å². The van der Waals surface area contributed by atoms with Crippen LogP contribution in [-0.4, -0.2) is 38.9 Å². The summed E-state index contributed by atoms with van der Waals surface area (Å²) < 4.78 is 16.5. The summed E-state index contributed by atoms with van der Waals surface area (Å²) in [4.78, 5) is 14.0. The van der Waals surface area contributed by atoms with Gasteiger partial charge in [-0.3, -0.25) is 4.79 Å². The molecule has 27 heavy (non-hydrogen) atoms. The molecular weight excluding hydrogens is 464 g/mol. The molecule has 3 rings (SSSR count). The molecule has 1 atom stereocenters. The van der Waals surface area contributed by atoms with E-state index in [1.165, 1.54) is 16.7 Å². The first-order valence-corrected chi connectivity index (χ1v) is 9.29. The fourth-order valence-electron chi connectivity index (χ4n) is 2.90. The number of pyridine rings is 1. The number of benzene rings is 1. The molecular formula is C19H19FIN3O3. The highest BCUT2D eigenvalue weighted by Crippen LogP contribution is 2.34. The Morgan fingerprint density at radius 2 is 2.07 bits per heavy atom. The minimum atomic E-state index is -0.939. The van der Waals surface area contributed by atoms with Crippen LogP contribution in [0.25, 0.3) is 11.8 Å². The van der Waals surface area contributed by atoms with Crippen LogP contribution in [0.3, 0.4) is 0 Å². The molecule has 0 saturated carbocycles. The van der Waals surface area contributed by atoms with E-state index in [2.05, 4.69) is 11.9 Å². The zero-order valence-corrected chi connectivity index (χ0v) is 16.8. The minimum Gasteiger partial charge on any atom is -0.394 e. The second-order valence-electron chi connectivity index (χ2n) is 6.22. The van der Waals surface area contributed by atoms with Crippen LogP contribution in [0.5, 0.6) is 0 Å². The number of nitrogens with one attached hydrogen (secondary N) is 1. The van der Waals surface area contributed by atoms with Crippen LogP contribution in [0, 0.1) is 9.39 Å². The normalized spacial score (nSPS) is 14.3. The zero-order chi connectivity index (χ0) is 19.7. The molecule has 0 amide bonds. The second kappa shape index (κ2) is 7.83. The van der Waals surface area contributed by atoms with Gasteiger partial charge in [0.25, 0.3) is 5.56 Å². The van der Waals surface area contributed by atoms with Gasteiger partial charge >= 0.3 is 0 Å². The van der Waals surface area contributed by atoms with E-state index in [4.69, 9.17) is 5.11 Å². The van der Waals surface area contributed by atoms with Crippen molar-refractivity contribution in [1.82, 2.24) is 9.47 Å². The van der Waals surface area contributed by atoms with Gasteiger partial charge < -0.3 is 25.0 Å². The number of hydrogen-bond donors (Lipinski definition) is 3. The van der Waals surface area contributed by atoms with Crippen molar-refractivity contribution in [2.45, 2.75) is 6.10 Å². The molecule has 1 aliphatic rings. The molecule has 0 saturated heterocycles. The number of halogens is 2. The molecule has 0 radical (unpaired) electrons. The van der Waals surface area contributed by atoms with E-state index in [0.29, 0.717) is 22.6 Å². The van der Waals surface area contributed by atoms with Gasteiger partial charge in [0.2, 0.25) is 0 Å². The van der Waals surface area contributed by atoms with Crippen molar-refractivity contribution in [3.8, 4) is 0 Å². The molecule has 1 unspecified atom stereocenters. The molecule has 0 bridgehead atoms. The van der Waals surface area contributed by atoms with E-state index < -0.39 is 11.9 Å². The molecule has 0 spiro atoms. The van der Waals surface area contributed by atoms with Gasteiger partial charge in [0.05, 0.1) is 36.3 Å². The van der Waals surface area contributed by atoms with E-state index in [1.807, 2.05) is 22.6 Å². The number of rotatable bonds is 5. The van der Waals surface area contributed by atoms with Gasteiger partial charge in [-0.05, 0) is 46.9 Å². The number of β-amino-alcohol motifs (C(OH)–C–C–N with tert-alkyl or cyclic N) is 1. The lowest BCUT2D eigenvalue weighted by atomic mass is 10.0. The van der Waals surface area contributed by atoms with Gasteiger partial charge in [-0.1, -0.05) is 6.58 Å². The molecule has 3 N–H and O–H groups in total. The molecule has 1 aromatic carbocycles. The van der Waals surface area contributed by atoms with Gasteiger partial charge in [-0.2, -0.15) is 0 Å². The van der Waals surface area contributed by atoms with E-state index in [1.54, 1.807) is 36.4 Å². The summed E-state index contributed by atoms with van der Waals surface area (Å²) in [6.07, 6.45) is 2.48. The van der Waals surface area contributed by atoms with E-state index >= 15 is 0 Å². The summed E-state index contributed by atoms with van der Waals surface area (Å²) in [6.45, 7) is 3.83. The van der Waals surface area contributed by atoms with Gasteiger partial charge in [-0.25, -0.2) is 4.39 Å². The molecule has 6 nitrogen and oxygen atoms in total. The van der Waals surface area contributed by atoms with Crippen LogP contribution in [0.1, 0.15) is 11.3 Å². The van der Waals surface area contributed by atoms with E-state index in [9.17, 15) is 14.3 Å². The van der Waals surface area contributed by atoms with Crippen LogP contribution in [0.4, 0.5) is 15.8 Å². The molecule has 1 aliphatic heterocycles. The molecule has 0 aliphatic carbocycles. The van der Waals surface area contributed by atoms with Crippen molar-refractivity contribution in [2.24, 2.45) is 7.05 Å². The van der Waals surface area contributed by atoms with Crippen molar-refractivity contribution in [2.75, 3.05) is 18.5 Å². The lowest BCUT2D eigenvalue weighted by Gasteiger charge is -2.31. The Kier molecular flexibility index (Phi) is 5.68. The van der Waals surface area contributed by atoms with Crippen LogP contribution >= 0.6 is 22.6 Å². The Balaban J connectivity index is 2.07. The Morgan fingerprint density at radius 1 is 1.33 bits per heavy atom. The third-order valence-corrected chi connectivity index (χ3v) is 5.02. The first-order chi connectivity index (χ1) is 12.8. The van der Waals surface area contributed by atoms with Crippen LogP contribution < -0.4 is 10.9 Å². The van der Waals surface area contributed by atoms with Crippen molar-refractivity contribution in [3.05, 3.63) is 68.0 Å². The predicted molar refractivity (Wildman–Crippen MR) is 112 cm³/mol. The molecule has 0 fully saturated rings. The number of nitrogens with zero attached hydrogens (tertiary/aromatic N) is 2. The lowest BCUT2D eigenvalue weighted by Crippen LogP contribution is -2.32. The maximum atomic E-state index is 14.3. The Morgan fingerprint density at radius 3 is 2.74 bits per heavy atom. The highest BCUT2D eigenvalue weighted by molar-refractivity contribution is 14.1. The number of fused-ring (bicyclic) bond motifs is 1.